The van der Waals surface area contributed by atoms with Gasteiger partial charge in [0.2, 0.25) is 0 Å². The number of nitrogens with zero attached hydrogens (tertiary/aromatic N) is 1. The summed E-state index contributed by atoms with van der Waals surface area (Å²) in [5.74, 6) is 0. The summed E-state index contributed by atoms with van der Waals surface area (Å²) in [6, 6.07) is -0.346. The third-order valence-electron chi connectivity index (χ3n) is 1.03. The summed E-state index contributed by atoms with van der Waals surface area (Å²) in [5, 5.41) is 2.57. The van der Waals surface area contributed by atoms with Crippen LogP contribution in [0.5, 0.6) is 0 Å². The molecule has 0 saturated heterocycles. The first kappa shape index (κ1) is 9.23. The van der Waals surface area contributed by atoms with Crippen LogP contribution in [0.2, 0.25) is 0 Å². The van der Waals surface area contributed by atoms with Crippen molar-refractivity contribution in [2.24, 2.45) is 5.73 Å². The molecule has 4 heteroatoms. The molecule has 0 aliphatic heterocycles. The van der Waals surface area contributed by atoms with E-state index < -0.39 is 6.03 Å². The van der Waals surface area contributed by atoms with Crippen LogP contribution in [0.3, 0.4) is 0 Å². The van der Waals surface area contributed by atoms with Gasteiger partial charge in [-0.15, -0.1) is 0 Å². The zero-order valence-electron chi connectivity index (χ0n) is 6.72. The Kier molecular flexibility index (Phi) is 3.79. The molecule has 0 heterocycles. The highest BCUT2D eigenvalue weighted by Gasteiger charge is 2.03. The topological polar surface area (TPSA) is 58.4 Å². The molecule has 0 unspecified atom stereocenters. The minimum Gasteiger partial charge on any atom is -0.352 e. The molecule has 0 aromatic carbocycles. The van der Waals surface area contributed by atoms with Gasteiger partial charge in [-0.3, -0.25) is 0 Å². The number of likely N-dealkylation sites (N-methyl/N-ethyl adjacent to an activating group) is 1. The van der Waals surface area contributed by atoms with Gasteiger partial charge in [-0.1, -0.05) is 0 Å². The minimum atomic E-state index is -0.464. The fourth-order valence-electron chi connectivity index (χ4n) is 0.836. The van der Waals surface area contributed by atoms with Crippen LogP contribution in [-0.2, 0) is 0 Å². The third kappa shape index (κ3) is 5.37. The van der Waals surface area contributed by atoms with E-state index in [-0.39, 0.29) is 6.04 Å². The molecular weight excluding hydrogens is 130 g/mol. The van der Waals surface area contributed by atoms with E-state index in [0.29, 0.717) is 0 Å². The Hall–Kier alpha value is -0.770. The van der Waals surface area contributed by atoms with Crippen LogP contribution < -0.4 is 11.1 Å². The summed E-state index contributed by atoms with van der Waals surface area (Å²) in [4.78, 5) is 12.3. The number of primary amides is 1. The number of hydrogen-bond donors (Lipinski definition) is 2. The molecule has 0 aliphatic carbocycles. The molecule has 0 bridgehead atoms. The second kappa shape index (κ2) is 4.11. The second-order valence-corrected chi connectivity index (χ2v) is 2.67. The predicted octanol–water partition coefficient (Wildman–Crippen LogP) is -0.395. The molecule has 0 saturated carbocycles. The maximum atomic E-state index is 10.3. The Bertz CT molecular complexity index is 114. The van der Waals surface area contributed by atoms with Crippen molar-refractivity contribution >= 4 is 6.03 Å². The molecule has 4 nitrogen and oxygen atoms in total. The van der Waals surface area contributed by atoms with Crippen LogP contribution >= 0.6 is 0 Å². The van der Waals surface area contributed by atoms with Gasteiger partial charge in [0, 0.05) is 12.6 Å². The lowest BCUT2D eigenvalue weighted by Gasteiger charge is -2.16. The number of hydrogen-bond acceptors (Lipinski definition) is 2. The molecule has 0 radical (unpaired) electrons. The minimum absolute atomic E-state index is 0.118. The summed E-state index contributed by atoms with van der Waals surface area (Å²) < 4.78 is 0. The van der Waals surface area contributed by atoms with E-state index in [1.807, 2.05) is 25.9 Å². The summed E-state index contributed by atoms with van der Waals surface area (Å²) in [5.41, 5.74) is 4.90. The molecule has 0 fully saturated rings. The molecule has 60 valence electrons. The Morgan fingerprint density at radius 2 is 2.20 bits per heavy atom. The van der Waals surface area contributed by atoms with Crippen molar-refractivity contribution in [3.05, 3.63) is 0 Å². The van der Waals surface area contributed by atoms with Crippen LogP contribution in [0, 0.1) is 0 Å². The molecule has 0 rings (SSSR count). The van der Waals surface area contributed by atoms with E-state index in [1.54, 1.807) is 0 Å². The Morgan fingerprint density at radius 3 is 2.50 bits per heavy atom. The number of urea groups is 1. The molecule has 0 aromatic heterocycles. The van der Waals surface area contributed by atoms with Gasteiger partial charge in [0.25, 0.3) is 0 Å². The van der Waals surface area contributed by atoms with Crippen molar-refractivity contribution in [1.29, 1.82) is 0 Å². The van der Waals surface area contributed by atoms with E-state index in [4.69, 9.17) is 5.73 Å². The Balaban J connectivity index is 3.43. The van der Waals surface area contributed by atoms with Gasteiger partial charge in [-0.2, -0.15) is 0 Å². The quantitative estimate of drug-likeness (QED) is 0.568. The lowest BCUT2D eigenvalue weighted by molar-refractivity contribution is 0.242. The SMILES string of the molecule is C[C@@H](CN(C)C)NC(N)=O. The molecular formula is C6H15N3O. The standard InChI is InChI=1S/C6H15N3O/c1-5(4-9(2)3)8-6(7)10/h5H,4H2,1-3H3,(H3,7,8,10)/t5-/m0/s1. The zero-order chi connectivity index (χ0) is 8.15. The van der Waals surface area contributed by atoms with E-state index in [0.717, 1.165) is 6.54 Å². The van der Waals surface area contributed by atoms with Crippen LogP contribution in [0.4, 0.5) is 4.79 Å². The highest BCUT2D eigenvalue weighted by Crippen LogP contribution is 1.82. The average molecular weight is 145 g/mol. The number of carbonyl (C=O) groups excluding carboxylic acids is 1. The van der Waals surface area contributed by atoms with Crippen LogP contribution in [0.25, 0.3) is 0 Å². The lowest BCUT2D eigenvalue weighted by atomic mass is 10.3. The largest absolute Gasteiger partial charge is 0.352 e. The second-order valence-electron chi connectivity index (χ2n) is 2.67. The van der Waals surface area contributed by atoms with Crippen molar-refractivity contribution in [2.75, 3.05) is 20.6 Å². The predicted molar refractivity (Wildman–Crippen MR) is 40.7 cm³/mol. The number of nitrogens with one attached hydrogen (secondary N) is 1. The van der Waals surface area contributed by atoms with Crippen molar-refractivity contribution in [3.63, 3.8) is 0 Å². The maximum absolute atomic E-state index is 10.3. The first-order chi connectivity index (χ1) is 4.52. The number of carbonyl (C=O) groups is 1. The van der Waals surface area contributed by atoms with Crippen molar-refractivity contribution in [3.8, 4) is 0 Å². The van der Waals surface area contributed by atoms with Crippen LogP contribution in [0.1, 0.15) is 6.92 Å². The fraction of sp³-hybridized carbons (Fsp3) is 0.833. The van der Waals surface area contributed by atoms with Crippen LogP contribution in [0.15, 0.2) is 0 Å². The van der Waals surface area contributed by atoms with Crippen LogP contribution in [-0.4, -0.2) is 37.6 Å². The van der Waals surface area contributed by atoms with Gasteiger partial charge in [-0.25, -0.2) is 4.79 Å². The number of rotatable bonds is 3. The molecule has 2 amide bonds. The van der Waals surface area contributed by atoms with E-state index >= 15 is 0 Å². The highest BCUT2D eigenvalue weighted by molar-refractivity contribution is 5.71. The number of nitrogens with two attached hydrogens (primary N) is 1. The van der Waals surface area contributed by atoms with Crippen molar-refractivity contribution in [2.45, 2.75) is 13.0 Å². The van der Waals surface area contributed by atoms with Gasteiger partial charge < -0.3 is 16.0 Å². The summed E-state index contributed by atoms with van der Waals surface area (Å²) in [6.45, 7) is 2.72. The maximum Gasteiger partial charge on any atom is 0.312 e. The highest BCUT2D eigenvalue weighted by atomic mass is 16.2. The summed E-state index contributed by atoms with van der Waals surface area (Å²) in [6.07, 6.45) is 0. The van der Waals surface area contributed by atoms with E-state index in [1.165, 1.54) is 0 Å². The molecule has 3 N–H and O–H groups in total. The zero-order valence-corrected chi connectivity index (χ0v) is 6.72. The monoisotopic (exact) mass is 145 g/mol. The van der Waals surface area contributed by atoms with E-state index in [2.05, 4.69) is 5.32 Å². The van der Waals surface area contributed by atoms with Gasteiger partial charge in [0.05, 0.1) is 0 Å². The first-order valence-electron chi connectivity index (χ1n) is 3.23. The van der Waals surface area contributed by atoms with Gasteiger partial charge in [0.1, 0.15) is 0 Å². The molecule has 1 atom stereocenters. The van der Waals surface area contributed by atoms with Gasteiger partial charge in [0.15, 0.2) is 0 Å². The van der Waals surface area contributed by atoms with Gasteiger partial charge >= 0.3 is 6.03 Å². The smallest absolute Gasteiger partial charge is 0.312 e. The normalized spacial score (nSPS) is 13.2. The molecule has 0 aliphatic rings. The lowest BCUT2D eigenvalue weighted by Crippen LogP contribution is -2.42. The van der Waals surface area contributed by atoms with Crippen molar-refractivity contribution in [1.82, 2.24) is 10.2 Å². The summed E-state index contributed by atoms with van der Waals surface area (Å²) in [7, 11) is 3.89. The molecule has 10 heavy (non-hydrogen) atoms. The van der Waals surface area contributed by atoms with Gasteiger partial charge in [-0.05, 0) is 21.0 Å². The Labute approximate surface area is 61.4 Å². The number of amides is 2. The average Bonchev–Trinajstić information content (AvgIpc) is 1.58. The fourth-order valence-corrected chi connectivity index (χ4v) is 0.836. The molecule has 0 spiro atoms. The third-order valence-corrected chi connectivity index (χ3v) is 1.03. The van der Waals surface area contributed by atoms with E-state index in [9.17, 15) is 4.79 Å². The first-order valence-corrected chi connectivity index (χ1v) is 3.23. The summed E-state index contributed by atoms with van der Waals surface area (Å²) >= 11 is 0. The Morgan fingerprint density at radius 1 is 1.70 bits per heavy atom. The molecule has 0 aromatic rings. The van der Waals surface area contributed by atoms with Crippen molar-refractivity contribution < 1.29 is 4.79 Å².